The Morgan fingerprint density at radius 2 is 1.89 bits per heavy atom. The van der Waals surface area contributed by atoms with Crippen molar-refractivity contribution in [1.82, 2.24) is 35.1 Å². The van der Waals surface area contributed by atoms with Crippen LogP contribution in [0.2, 0.25) is 0 Å². The van der Waals surface area contributed by atoms with Gasteiger partial charge in [0.2, 0.25) is 21.8 Å². The van der Waals surface area contributed by atoms with Gasteiger partial charge in [0.15, 0.2) is 5.13 Å². The number of likely N-dealkylation sites (N-methyl/N-ethyl adjacent to an activating group) is 1. The SMILES string of the molecule is CCS(=O)(=O)N(C)C[C@@H](NC(=O)N[C@H]1CCCCC/C=C\C2C[C@@]2(C(=O)O)NC(=O)[C@@H]2C[C@@H](Oc3cc(-c4csc(NC(C)C)n4)nc4cc(OC)ccc34)CN2C1=O)C1CCC1. The zero-order valence-electron chi connectivity index (χ0n) is 36.6. The lowest BCUT2D eigenvalue weighted by molar-refractivity contribution is -0.145. The molecule has 1 unspecified atom stereocenters. The van der Waals surface area contributed by atoms with Gasteiger partial charge in [0.05, 0.1) is 30.6 Å². The van der Waals surface area contributed by atoms with Gasteiger partial charge in [-0.05, 0) is 77.3 Å². The number of allylic oxidation sites excluding steroid dienone is 1. The molecule has 5 N–H and O–H groups in total. The highest BCUT2D eigenvalue weighted by atomic mass is 32.2. The number of nitrogens with zero attached hydrogens (tertiary/aromatic N) is 4. The number of thiazole rings is 1. The standard InChI is InChI=1S/C44H60N8O9S2/c1-6-63(58,59)51(4)24-35(27-13-12-14-27)48-42(57)47-32-16-11-9-7-8-10-15-28-22-44(28,41(55)56)50-39(53)37-20-30(23-52(37)40(32)54)61-38-21-34(36-25-62-43(49-36)45-26(2)3)46-33-19-29(60-5)17-18-31(33)38/h10,15,17-19,21,25-28,30,32,35,37H,6-9,11-14,16,20,22-24H2,1-5H3,(H,45,49)(H,50,53)(H,55,56)(H2,47,48,57)/b15-10-/t28?,30-,32+,35-,37+,44-/m1/s1. The smallest absolute Gasteiger partial charge is 0.330 e. The molecule has 19 heteroatoms. The number of benzene rings is 1. The van der Waals surface area contributed by atoms with E-state index in [-0.39, 0.29) is 50.1 Å². The highest BCUT2D eigenvalue weighted by molar-refractivity contribution is 7.89. The summed E-state index contributed by atoms with van der Waals surface area (Å²) >= 11 is 1.45. The Morgan fingerprint density at radius 3 is 2.59 bits per heavy atom. The highest BCUT2D eigenvalue weighted by Crippen LogP contribution is 2.46. The molecule has 6 atom stereocenters. The van der Waals surface area contributed by atoms with Gasteiger partial charge in [-0.25, -0.2) is 32.3 Å². The van der Waals surface area contributed by atoms with E-state index in [2.05, 4.69) is 21.3 Å². The number of pyridine rings is 1. The monoisotopic (exact) mass is 908 g/mol. The van der Waals surface area contributed by atoms with E-state index in [0.717, 1.165) is 37.2 Å². The van der Waals surface area contributed by atoms with Gasteiger partial charge in [-0.2, -0.15) is 0 Å². The molecular weight excluding hydrogens is 849 g/mol. The summed E-state index contributed by atoms with van der Waals surface area (Å²) in [5.41, 5.74) is 0.259. The van der Waals surface area contributed by atoms with E-state index in [4.69, 9.17) is 19.4 Å². The molecule has 0 spiro atoms. The van der Waals surface area contributed by atoms with Crippen molar-refractivity contribution in [3.63, 3.8) is 0 Å². The summed E-state index contributed by atoms with van der Waals surface area (Å²) in [7, 11) is -0.433. The molecule has 17 nitrogen and oxygen atoms in total. The fraction of sp³-hybridized carbons (Fsp3) is 0.591. The summed E-state index contributed by atoms with van der Waals surface area (Å²) in [6, 6.07) is 4.15. The Morgan fingerprint density at radius 1 is 1.10 bits per heavy atom. The van der Waals surface area contributed by atoms with Crippen LogP contribution in [-0.2, 0) is 24.4 Å². The molecule has 2 aliphatic carbocycles. The Labute approximate surface area is 372 Å². The van der Waals surface area contributed by atoms with Crippen molar-refractivity contribution in [2.75, 3.05) is 38.3 Å². The molecular formula is C44H60N8O9S2. The molecule has 2 aliphatic heterocycles. The zero-order valence-corrected chi connectivity index (χ0v) is 38.2. The van der Waals surface area contributed by atoms with Crippen molar-refractivity contribution < 1.29 is 42.2 Å². The first-order chi connectivity index (χ1) is 30.1. The van der Waals surface area contributed by atoms with Crippen molar-refractivity contribution in [3.05, 3.63) is 41.8 Å². The lowest BCUT2D eigenvalue weighted by Gasteiger charge is -2.36. The van der Waals surface area contributed by atoms with E-state index in [9.17, 15) is 32.7 Å². The number of methoxy groups -OCH3 is 1. The van der Waals surface area contributed by atoms with Crippen LogP contribution >= 0.6 is 11.3 Å². The number of ether oxygens (including phenoxy) is 2. The number of aliphatic carboxylic acids is 1. The number of carbonyl (C=O) groups excluding carboxylic acids is 3. The van der Waals surface area contributed by atoms with Crippen LogP contribution in [0.15, 0.2) is 41.8 Å². The molecule has 7 rings (SSSR count). The van der Waals surface area contributed by atoms with Crippen molar-refractivity contribution in [1.29, 1.82) is 0 Å². The van der Waals surface area contributed by atoms with Crippen molar-refractivity contribution in [2.45, 2.75) is 121 Å². The van der Waals surface area contributed by atoms with Crippen LogP contribution in [0.25, 0.3) is 22.3 Å². The predicted octanol–water partition coefficient (Wildman–Crippen LogP) is 5.13. The minimum Gasteiger partial charge on any atom is -0.497 e. The van der Waals surface area contributed by atoms with E-state index in [1.165, 1.54) is 27.6 Å². The number of nitrogens with one attached hydrogen (secondary N) is 4. The van der Waals surface area contributed by atoms with Crippen LogP contribution in [-0.4, -0.2) is 125 Å². The Balaban J connectivity index is 1.19. The third-order valence-corrected chi connectivity index (χ3v) is 15.3. The van der Waals surface area contributed by atoms with Gasteiger partial charge in [-0.15, -0.1) is 11.3 Å². The average Bonchev–Trinajstić information content (AvgIpc) is 3.48. The largest absolute Gasteiger partial charge is 0.497 e. The summed E-state index contributed by atoms with van der Waals surface area (Å²) in [6.45, 7) is 5.69. The zero-order chi connectivity index (χ0) is 45.1. The first-order valence-corrected chi connectivity index (χ1v) is 24.5. The van der Waals surface area contributed by atoms with E-state index in [0.29, 0.717) is 46.6 Å². The highest BCUT2D eigenvalue weighted by Gasteiger charge is 2.61. The third-order valence-electron chi connectivity index (χ3n) is 12.7. The van der Waals surface area contributed by atoms with Gasteiger partial charge in [0, 0.05) is 60.9 Å². The predicted molar refractivity (Wildman–Crippen MR) is 240 cm³/mol. The number of fused-ring (bicyclic) bond motifs is 3. The Kier molecular flexibility index (Phi) is 14.2. The quantitative estimate of drug-likeness (QED) is 0.133. The average molecular weight is 909 g/mol. The van der Waals surface area contributed by atoms with Crippen LogP contribution in [0.5, 0.6) is 11.5 Å². The number of aromatic nitrogens is 2. The van der Waals surface area contributed by atoms with Crippen LogP contribution in [0, 0.1) is 11.8 Å². The van der Waals surface area contributed by atoms with Crippen LogP contribution < -0.4 is 30.7 Å². The number of carbonyl (C=O) groups is 4. The molecule has 1 aromatic carbocycles. The molecule has 63 heavy (non-hydrogen) atoms. The maximum absolute atomic E-state index is 14.9. The molecule has 2 saturated carbocycles. The second kappa shape index (κ2) is 19.4. The number of hydrogen-bond acceptors (Lipinski definition) is 12. The molecule has 4 amide bonds. The van der Waals surface area contributed by atoms with Gasteiger partial charge >= 0.3 is 12.0 Å². The van der Waals surface area contributed by atoms with E-state index >= 15 is 0 Å². The molecule has 342 valence electrons. The molecule has 2 aromatic heterocycles. The van der Waals surface area contributed by atoms with Crippen molar-refractivity contribution >= 4 is 61.2 Å². The normalized spacial score (nSPS) is 25.5. The fourth-order valence-electron chi connectivity index (χ4n) is 8.70. The van der Waals surface area contributed by atoms with Gasteiger partial charge < -0.3 is 40.7 Å². The summed E-state index contributed by atoms with van der Waals surface area (Å²) < 4.78 is 38.9. The van der Waals surface area contributed by atoms with Crippen LogP contribution in [0.4, 0.5) is 9.93 Å². The third kappa shape index (κ3) is 10.5. The van der Waals surface area contributed by atoms with Gasteiger partial charge in [-0.1, -0.05) is 31.4 Å². The second-order valence-electron chi connectivity index (χ2n) is 17.5. The van der Waals surface area contributed by atoms with Gasteiger partial charge in [0.25, 0.3) is 0 Å². The minimum absolute atomic E-state index is 0.0288. The number of amides is 4. The van der Waals surface area contributed by atoms with Crippen LogP contribution in [0.1, 0.15) is 85.0 Å². The topological polar surface area (TPSA) is 221 Å². The van der Waals surface area contributed by atoms with Crippen molar-refractivity contribution in [3.8, 4) is 22.9 Å². The summed E-state index contributed by atoms with van der Waals surface area (Å²) in [5.74, 6) is -1.60. The van der Waals surface area contributed by atoms with Crippen molar-refractivity contribution in [2.24, 2.45) is 11.8 Å². The Bertz CT molecular complexity index is 2320. The number of carboxylic acid groups (broad SMARTS) is 1. The van der Waals surface area contributed by atoms with E-state index in [1.54, 1.807) is 32.2 Å². The molecule has 3 fully saturated rings. The lowest BCUT2D eigenvalue weighted by Crippen LogP contribution is -2.59. The number of carboxylic acids is 1. The molecule has 0 radical (unpaired) electrons. The fourth-order valence-corrected chi connectivity index (χ4v) is 10.4. The van der Waals surface area contributed by atoms with Crippen LogP contribution in [0.3, 0.4) is 0 Å². The van der Waals surface area contributed by atoms with E-state index < -0.39 is 69.5 Å². The molecule has 4 aliphatic rings. The maximum Gasteiger partial charge on any atom is 0.330 e. The molecule has 1 saturated heterocycles. The summed E-state index contributed by atoms with van der Waals surface area (Å²) in [6.07, 6.45) is 9.15. The Hall–Kier alpha value is -5.01. The lowest BCUT2D eigenvalue weighted by atomic mass is 9.79. The first kappa shape index (κ1) is 46.0. The van der Waals surface area contributed by atoms with Gasteiger partial charge in [-0.3, -0.25) is 9.59 Å². The number of sulfonamides is 1. The maximum atomic E-state index is 14.9. The number of rotatable bonds is 14. The number of urea groups is 1. The molecule has 0 bridgehead atoms. The number of anilines is 1. The minimum atomic E-state index is -3.51. The first-order valence-electron chi connectivity index (χ1n) is 22.0. The van der Waals surface area contributed by atoms with E-state index in [1.807, 2.05) is 37.4 Å². The number of hydrogen-bond donors (Lipinski definition) is 5. The molecule has 4 heterocycles. The molecule has 3 aromatic rings. The summed E-state index contributed by atoms with van der Waals surface area (Å²) in [4.78, 5) is 66.9. The summed E-state index contributed by atoms with van der Waals surface area (Å²) in [5, 5.41) is 25.7. The van der Waals surface area contributed by atoms with Gasteiger partial charge in [0.1, 0.15) is 40.9 Å². The second-order valence-corrected chi connectivity index (χ2v) is 20.7.